The van der Waals surface area contributed by atoms with Crippen LogP contribution in [0.3, 0.4) is 0 Å². The zero-order chi connectivity index (χ0) is 11.6. The molecule has 4 heteroatoms. The summed E-state index contributed by atoms with van der Waals surface area (Å²) in [5, 5.41) is 0. The minimum absolute atomic E-state index is 0.0926. The Bertz CT molecular complexity index is 182. The maximum atomic E-state index is 10.1. The van der Waals surface area contributed by atoms with Crippen LogP contribution in [0.2, 0.25) is 0 Å². The summed E-state index contributed by atoms with van der Waals surface area (Å²) in [4.78, 5) is 30.2. The van der Waals surface area contributed by atoms with Crippen LogP contribution in [0.5, 0.6) is 0 Å². The van der Waals surface area contributed by atoms with Gasteiger partial charge in [-0.25, -0.2) is 0 Å². The Balaban J connectivity index is 4.97. The SMILES string of the molecule is CCCC(C(C)C)P(O)(O)(O)C(C)C. The average molecular weight is 224 g/mol. The van der Waals surface area contributed by atoms with E-state index in [1.165, 1.54) is 0 Å². The fourth-order valence-corrected chi connectivity index (χ4v) is 4.50. The van der Waals surface area contributed by atoms with Crippen LogP contribution in [0.4, 0.5) is 0 Å². The number of hydrogen-bond donors (Lipinski definition) is 3. The van der Waals surface area contributed by atoms with Crippen LogP contribution in [0.1, 0.15) is 47.5 Å². The molecule has 0 saturated heterocycles. The minimum atomic E-state index is -4.47. The predicted molar refractivity (Wildman–Crippen MR) is 62.2 cm³/mol. The van der Waals surface area contributed by atoms with E-state index in [9.17, 15) is 14.7 Å². The predicted octanol–water partition coefficient (Wildman–Crippen LogP) is 2.49. The molecular weight excluding hydrogens is 199 g/mol. The van der Waals surface area contributed by atoms with E-state index >= 15 is 0 Å². The van der Waals surface area contributed by atoms with Gasteiger partial charge in [-0.1, -0.05) is 0 Å². The molecule has 0 heterocycles. The quantitative estimate of drug-likeness (QED) is 0.629. The van der Waals surface area contributed by atoms with E-state index < -0.39 is 12.9 Å². The van der Waals surface area contributed by atoms with Gasteiger partial charge in [-0.2, -0.15) is 0 Å². The number of hydrogen-bond acceptors (Lipinski definition) is 3. The van der Waals surface area contributed by atoms with Gasteiger partial charge in [-0.3, -0.25) is 0 Å². The van der Waals surface area contributed by atoms with Crippen molar-refractivity contribution in [1.82, 2.24) is 0 Å². The first-order chi connectivity index (χ1) is 6.12. The van der Waals surface area contributed by atoms with Crippen molar-refractivity contribution in [3.8, 4) is 0 Å². The van der Waals surface area contributed by atoms with Crippen LogP contribution in [-0.4, -0.2) is 26.0 Å². The Morgan fingerprint density at radius 3 is 1.64 bits per heavy atom. The molecule has 3 nitrogen and oxygen atoms in total. The van der Waals surface area contributed by atoms with Crippen LogP contribution in [0, 0.1) is 5.92 Å². The van der Waals surface area contributed by atoms with Crippen molar-refractivity contribution in [2.24, 2.45) is 5.92 Å². The van der Waals surface area contributed by atoms with Crippen molar-refractivity contribution in [3.63, 3.8) is 0 Å². The standard InChI is InChI=1S/C10H25O3P/c1-6-7-10(8(2)3)14(11,12,13)9(4)5/h8-13H,6-7H2,1-5H3. The van der Waals surface area contributed by atoms with Gasteiger partial charge in [0, 0.05) is 0 Å². The third-order valence-electron chi connectivity index (χ3n) is 2.98. The molecule has 0 spiro atoms. The van der Waals surface area contributed by atoms with E-state index in [1.54, 1.807) is 13.8 Å². The summed E-state index contributed by atoms with van der Waals surface area (Å²) in [6.45, 7) is 9.17. The molecular formula is C10H25O3P. The third kappa shape index (κ3) is 2.90. The van der Waals surface area contributed by atoms with Crippen LogP contribution < -0.4 is 0 Å². The molecule has 0 aromatic rings. The summed E-state index contributed by atoms with van der Waals surface area (Å²) < 4.78 is 0. The Kier molecular flexibility index (Phi) is 4.54. The monoisotopic (exact) mass is 224 g/mol. The molecule has 0 rings (SSSR count). The molecule has 0 fully saturated rings. The fourth-order valence-electron chi connectivity index (χ4n) is 1.83. The Morgan fingerprint density at radius 2 is 1.43 bits per heavy atom. The van der Waals surface area contributed by atoms with Crippen molar-refractivity contribution in [3.05, 3.63) is 0 Å². The van der Waals surface area contributed by atoms with Crippen molar-refractivity contribution < 1.29 is 14.7 Å². The van der Waals surface area contributed by atoms with Gasteiger partial charge >= 0.3 is 86.7 Å². The molecule has 0 aliphatic heterocycles. The van der Waals surface area contributed by atoms with Crippen LogP contribution >= 0.6 is 7.28 Å². The first-order valence-corrected chi connectivity index (χ1v) is 7.61. The Labute approximate surface area is 87.3 Å². The van der Waals surface area contributed by atoms with E-state index in [1.807, 2.05) is 20.8 Å². The van der Waals surface area contributed by atoms with Gasteiger partial charge in [0.2, 0.25) is 0 Å². The van der Waals surface area contributed by atoms with E-state index in [0.29, 0.717) is 6.42 Å². The number of rotatable bonds is 5. The van der Waals surface area contributed by atoms with Gasteiger partial charge in [0.15, 0.2) is 0 Å². The maximum absolute atomic E-state index is 10.1. The molecule has 0 radical (unpaired) electrons. The Hall–Kier alpha value is 0.310. The fraction of sp³-hybridized carbons (Fsp3) is 1.00. The zero-order valence-corrected chi connectivity index (χ0v) is 10.8. The van der Waals surface area contributed by atoms with Gasteiger partial charge < -0.3 is 0 Å². The van der Waals surface area contributed by atoms with E-state index in [2.05, 4.69) is 0 Å². The second kappa shape index (κ2) is 4.44. The van der Waals surface area contributed by atoms with Gasteiger partial charge in [0.25, 0.3) is 0 Å². The van der Waals surface area contributed by atoms with E-state index in [-0.39, 0.29) is 11.6 Å². The summed E-state index contributed by atoms with van der Waals surface area (Å²) in [7, 11) is -4.47. The summed E-state index contributed by atoms with van der Waals surface area (Å²) >= 11 is 0. The molecule has 0 aromatic heterocycles. The van der Waals surface area contributed by atoms with Crippen LogP contribution in [-0.2, 0) is 0 Å². The summed E-state index contributed by atoms with van der Waals surface area (Å²) in [6.07, 6.45) is 1.52. The van der Waals surface area contributed by atoms with Crippen molar-refractivity contribution >= 4 is 7.28 Å². The zero-order valence-electron chi connectivity index (χ0n) is 9.94. The normalized spacial score (nSPS) is 18.3. The van der Waals surface area contributed by atoms with Crippen LogP contribution in [0.25, 0.3) is 0 Å². The molecule has 0 aliphatic rings. The molecule has 0 bridgehead atoms. The molecule has 1 atom stereocenters. The first-order valence-electron chi connectivity index (χ1n) is 5.37. The molecule has 88 valence electrons. The van der Waals surface area contributed by atoms with Gasteiger partial charge in [0.1, 0.15) is 0 Å². The molecule has 0 amide bonds. The van der Waals surface area contributed by atoms with Gasteiger partial charge in [0.05, 0.1) is 0 Å². The first kappa shape index (κ1) is 14.3. The summed E-state index contributed by atoms with van der Waals surface area (Å²) in [5.74, 6) is 0.0926. The third-order valence-corrected chi connectivity index (χ3v) is 7.09. The topological polar surface area (TPSA) is 60.7 Å². The van der Waals surface area contributed by atoms with E-state index in [4.69, 9.17) is 0 Å². The average Bonchev–Trinajstić information content (AvgIpc) is 1.97. The van der Waals surface area contributed by atoms with Gasteiger partial charge in [-0.15, -0.1) is 0 Å². The molecule has 0 aliphatic carbocycles. The molecule has 0 saturated carbocycles. The van der Waals surface area contributed by atoms with Crippen molar-refractivity contribution in [2.45, 2.75) is 58.8 Å². The van der Waals surface area contributed by atoms with E-state index in [0.717, 1.165) is 6.42 Å². The molecule has 14 heavy (non-hydrogen) atoms. The second-order valence-electron chi connectivity index (χ2n) is 4.80. The second-order valence-corrected chi connectivity index (χ2v) is 8.72. The molecule has 0 aromatic carbocycles. The van der Waals surface area contributed by atoms with Crippen molar-refractivity contribution in [2.75, 3.05) is 0 Å². The van der Waals surface area contributed by atoms with Crippen molar-refractivity contribution in [1.29, 1.82) is 0 Å². The molecule has 3 N–H and O–H groups in total. The van der Waals surface area contributed by atoms with Crippen LogP contribution in [0.15, 0.2) is 0 Å². The Morgan fingerprint density at radius 1 is 1.00 bits per heavy atom. The summed E-state index contributed by atoms with van der Waals surface area (Å²) in [5.41, 5.74) is -0.856. The summed E-state index contributed by atoms with van der Waals surface area (Å²) in [6, 6.07) is 0. The van der Waals surface area contributed by atoms with Gasteiger partial charge in [-0.05, 0) is 0 Å². The molecule has 1 unspecified atom stereocenters.